The van der Waals surface area contributed by atoms with Gasteiger partial charge in [0.2, 0.25) is 0 Å². The minimum atomic E-state index is -1.38. The van der Waals surface area contributed by atoms with Crippen LogP contribution in [0, 0.1) is 5.82 Å². The summed E-state index contributed by atoms with van der Waals surface area (Å²) in [5, 5.41) is 33.2. The number of nitrogens with zero attached hydrogens (tertiary/aromatic N) is 2. The molecule has 0 fully saturated rings. The Hall–Kier alpha value is -3.27. The van der Waals surface area contributed by atoms with E-state index in [2.05, 4.69) is 0 Å². The quantitative estimate of drug-likeness (QED) is 0.245. The molecule has 42 heavy (non-hydrogen) atoms. The summed E-state index contributed by atoms with van der Waals surface area (Å²) in [4.78, 5) is 25.3. The van der Waals surface area contributed by atoms with Crippen LogP contribution in [0.2, 0.25) is 0 Å². The van der Waals surface area contributed by atoms with Gasteiger partial charge in [-0.1, -0.05) is 48.5 Å². The third kappa shape index (κ3) is 6.23. The van der Waals surface area contributed by atoms with Crippen molar-refractivity contribution in [2.45, 2.75) is 57.8 Å². The Morgan fingerprint density at radius 3 is 2.21 bits per heavy atom. The third-order valence-corrected chi connectivity index (χ3v) is 7.45. The maximum Gasteiger partial charge on any atom is 1.00 e. The molecule has 2 atom stereocenters. The minimum Gasteiger partial charge on any atom is -0.550 e. The van der Waals surface area contributed by atoms with Gasteiger partial charge in [-0.2, -0.15) is 0 Å². The largest absolute Gasteiger partial charge is 1.00 e. The van der Waals surface area contributed by atoms with E-state index in [9.17, 15) is 29.3 Å². The predicted molar refractivity (Wildman–Crippen MR) is 155 cm³/mol. The summed E-state index contributed by atoms with van der Waals surface area (Å²) in [6.45, 7) is 3.97. The standard InChI is InChI=1S/C33H33FN2O5.Na/c1-20(2)35-28(17-16-24(37)18-25(38)19-29(39)40)30(21-12-14-22(34)15-13-21)31-26-10-6-7-11-27(26)36(33(41)32(31)35)23-8-4-3-5-9-23;/h3-15,20,24-25,37-38H,16-19H2,1-2H3,(H,39,40);/q;+1/p-1. The number of aromatic nitrogens is 2. The molecule has 0 amide bonds. The van der Waals surface area contributed by atoms with Crippen molar-refractivity contribution < 1.29 is 54.1 Å². The molecule has 2 aromatic heterocycles. The molecular weight excluding hydrogens is 546 g/mol. The van der Waals surface area contributed by atoms with Crippen LogP contribution in [0.25, 0.3) is 38.6 Å². The van der Waals surface area contributed by atoms with E-state index in [1.54, 1.807) is 16.7 Å². The number of hydrogen-bond donors (Lipinski definition) is 2. The van der Waals surface area contributed by atoms with Gasteiger partial charge in [0.1, 0.15) is 11.3 Å². The number of fused-ring (bicyclic) bond motifs is 3. The molecule has 2 heterocycles. The van der Waals surface area contributed by atoms with Crippen molar-refractivity contribution in [3.63, 3.8) is 0 Å². The summed E-state index contributed by atoms with van der Waals surface area (Å²) < 4.78 is 17.7. The average molecular weight is 579 g/mol. The summed E-state index contributed by atoms with van der Waals surface area (Å²) >= 11 is 0. The predicted octanol–water partition coefficient (Wildman–Crippen LogP) is 1.52. The number of aliphatic hydroxyl groups excluding tert-OH is 2. The molecular formula is C33H32FN2NaO5. The van der Waals surface area contributed by atoms with Crippen molar-refractivity contribution >= 4 is 27.8 Å². The molecule has 0 aliphatic heterocycles. The topological polar surface area (TPSA) is 108 Å². The number of hydrogen-bond acceptors (Lipinski definition) is 5. The van der Waals surface area contributed by atoms with Crippen LogP contribution in [0.15, 0.2) is 83.7 Å². The number of carbonyl (C=O) groups excluding carboxylic acids is 1. The zero-order chi connectivity index (χ0) is 29.3. The molecule has 7 nitrogen and oxygen atoms in total. The van der Waals surface area contributed by atoms with Crippen LogP contribution >= 0.6 is 0 Å². The Morgan fingerprint density at radius 2 is 1.57 bits per heavy atom. The van der Waals surface area contributed by atoms with Crippen LogP contribution in [0.3, 0.4) is 0 Å². The second-order valence-corrected chi connectivity index (χ2v) is 10.7. The number of aliphatic hydroxyl groups is 2. The van der Waals surface area contributed by atoms with Crippen LogP contribution in [0.4, 0.5) is 4.39 Å². The molecule has 0 saturated heterocycles. The number of carboxylic acid groups (broad SMARTS) is 1. The maximum atomic E-state index is 14.4. The molecule has 0 saturated carbocycles. The monoisotopic (exact) mass is 578 g/mol. The summed E-state index contributed by atoms with van der Waals surface area (Å²) in [6.07, 6.45) is -2.35. The SMILES string of the molecule is CC(C)n1c(CCC(O)CC(O)CC(=O)[O-])c(-c2ccc(F)cc2)c2c3ccccc3n(-c3ccccc3)c(=O)c21.[Na+]. The first kappa shape index (κ1) is 31.7. The Labute approximate surface area is 265 Å². The number of para-hydroxylation sites is 2. The molecule has 0 aliphatic rings. The fourth-order valence-corrected chi connectivity index (χ4v) is 5.79. The van der Waals surface area contributed by atoms with Gasteiger partial charge in [0.15, 0.2) is 0 Å². The fourth-order valence-electron chi connectivity index (χ4n) is 5.79. The van der Waals surface area contributed by atoms with Gasteiger partial charge < -0.3 is 24.7 Å². The van der Waals surface area contributed by atoms with Gasteiger partial charge in [-0.3, -0.25) is 9.36 Å². The molecule has 0 aliphatic carbocycles. The Bertz CT molecular complexity index is 1760. The Morgan fingerprint density at radius 1 is 0.929 bits per heavy atom. The number of aliphatic carboxylic acids is 1. The molecule has 0 bridgehead atoms. The van der Waals surface area contributed by atoms with Crippen molar-refractivity contribution in [2.24, 2.45) is 0 Å². The van der Waals surface area contributed by atoms with Gasteiger partial charge in [0, 0.05) is 46.1 Å². The number of halogens is 1. The summed E-state index contributed by atoms with van der Waals surface area (Å²) in [6, 6.07) is 23.1. The van der Waals surface area contributed by atoms with Gasteiger partial charge in [-0.25, -0.2) is 4.39 Å². The van der Waals surface area contributed by atoms with E-state index in [4.69, 9.17) is 0 Å². The fraction of sp³-hybridized carbons (Fsp3) is 0.273. The molecule has 2 N–H and O–H groups in total. The Kier molecular flexibility index (Phi) is 10.1. The van der Waals surface area contributed by atoms with Crippen LogP contribution in [-0.4, -0.2) is 37.5 Å². The van der Waals surface area contributed by atoms with Gasteiger partial charge in [0.25, 0.3) is 5.56 Å². The van der Waals surface area contributed by atoms with Crippen LogP contribution in [0.5, 0.6) is 0 Å². The van der Waals surface area contributed by atoms with Crippen molar-refractivity contribution in [2.75, 3.05) is 0 Å². The number of pyridine rings is 1. The maximum absolute atomic E-state index is 14.4. The van der Waals surface area contributed by atoms with Gasteiger partial charge in [0.05, 0.1) is 17.7 Å². The van der Waals surface area contributed by atoms with Crippen LogP contribution < -0.4 is 40.2 Å². The smallest absolute Gasteiger partial charge is 0.550 e. The Balaban J connectivity index is 0.00000405. The average Bonchev–Trinajstić information content (AvgIpc) is 3.28. The second-order valence-electron chi connectivity index (χ2n) is 10.7. The second kappa shape index (κ2) is 13.4. The number of carbonyl (C=O) groups is 1. The molecule has 0 spiro atoms. The number of benzene rings is 3. The minimum absolute atomic E-state index is 0. The van der Waals surface area contributed by atoms with E-state index < -0.39 is 24.6 Å². The van der Waals surface area contributed by atoms with E-state index in [0.717, 1.165) is 38.8 Å². The normalized spacial score (nSPS) is 12.9. The number of rotatable bonds is 10. The van der Waals surface area contributed by atoms with Crippen LogP contribution in [-0.2, 0) is 11.2 Å². The van der Waals surface area contributed by atoms with Crippen molar-refractivity contribution in [1.82, 2.24) is 9.13 Å². The molecule has 2 unspecified atom stereocenters. The first-order chi connectivity index (χ1) is 19.7. The van der Waals surface area contributed by atoms with Gasteiger partial charge >= 0.3 is 29.6 Å². The van der Waals surface area contributed by atoms with Crippen molar-refractivity contribution in [3.8, 4) is 16.8 Å². The van der Waals surface area contributed by atoms with Crippen molar-refractivity contribution in [3.05, 3.63) is 101 Å². The first-order valence-electron chi connectivity index (χ1n) is 13.7. The molecule has 5 aromatic rings. The molecule has 5 rings (SSSR count). The zero-order valence-electron chi connectivity index (χ0n) is 24.0. The first-order valence-corrected chi connectivity index (χ1v) is 13.7. The summed E-state index contributed by atoms with van der Waals surface area (Å²) in [7, 11) is 0. The van der Waals surface area contributed by atoms with Crippen molar-refractivity contribution in [1.29, 1.82) is 0 Å². The molecule has 3 aromatic carbocycles. The number of carboxylic acids is 1. The van der Waals surface area contributed by atoms with Crippen LogP contribution in [0.1, 0.15) is 44.8 Å². The van der Waals surface area contributed by atoms with E-state index in [1.807, 2.05) is 73.0 Å². The van der Waals surface area contributed by atoms with E-state index in [0.29, 0.717) is 11.9 Å². The molecule has 9 heteroatoms. The molecule has 0 radical (unpaired) electrons. The van der Waals surface area contributed by atoms with E-state index in [-0.39, 0.29) is 59.8 Å². The van der Waals surface area contributed by atoms with Gasteiger partial charge in [-0.15, -0.1) is 0 Å². The third-order valence-electron chi connectivity index (χ3n) is 7.45. The van der Waals surface area contributed by atoms with E-state index >= 15 is 0 Å². The summed E-state index contributed by atoms with van der Waals surface area (Å²) in [5.41, 5.74) is 4.08. The summed E-state index contributed by atoms with van der Waals surface area (Å²) in [5.74, 6) is -1.76. The molecule has 212 valence electrons. The zero-order valence-corrected chi connectivity index (χ0v) is 26.0. The van der Waals surface area contributed by atoms with E-state index in [1.165, 1.54) is 12.1 Å². The van der Waals surface area contributed by atoms with Gasteiger partial charge in [-0.05, 0) is 69.0 Å².